The summed E-state index contributed by atoms with van der Waals surface area (Å²) >= 11 is 5.90. The normalized spacial score (nSPS) is 17.1. The first kappa shape index (κ1) is 16.3. The highest BCUT2D eigenvalue weighted by Gasteiger charge is 2.22. The number of piperidine rings is 1. The minimum absolute atomic E-state index is 0.0116. The van der Waals surface area contributed by atoms with E-state index in [0.717, 1.165) is 37.5 Å². The summed E-state index contributed by atoms with van der Waals surface area (Å²) in [5, 5.41) is 0.779. The van der Waals surface area contributed by atoms with Gasteiger partial charge < -0.3 is 4.74 Å². The van der Waals surface area contributed by atoms with Crippen LogP contribution in [-0.4, -0.2) is 30.1 Å². The Morgan fingerprint density at radius 3 is 2.48 bits per heavy atom. The summed E-state index contributed by atoms with van der Waals surface area (Å²) in [5.41, 5.74) is 1.29. The van der Waals surface area contributed by atoms with E-state index in [1.165, 1.54) is 5.56 Å². The summed E-state index contributed by atoms with van der Waals surface area (Å²) < 4.78 is 5.22. The average Bonchev–Trinajstić information content (AvgIpc) is 2.42. The van der Waals surface area contributed by atoms with E-state index in [1.807, 2.05) is 26.0 Å². The van der Waals surface area contributed by atoms with Crippen molar-refractivity contribution in [1.82, 2.24) is 4.90 Å². The number of carbonyl (C=O) groups is 1. The minimum Gasteiger partial charge on any atom is -0.463 e. The molecule has 0 radical (unpaired) electrons. The van der Waals surface area contributed by atoms with Gasteiger partial charge in [0.05, 0.1) is 6.10 Å². The van der Waals surface area contributed by atoms with Crippen LogP contribution in [0.2, 0.25) is 5.02 Å². The van der Waals surface area contributed by atoms with Gasteiger partial charge in [0, 0.05) is 18.0 Å². The van der Waals surface area contributed by atoms with Gasteiger partial charge in [-0.05, 0) is 63.4 Å². The molecular weight excluding hydrogens is 286 g/mol. The summed E-state index contributed by atoms with van der Waals surface area (Å²) in [7, 11) is 0. The Morgan fingerprint density at radius 2 is 1.90 bits per heavy atom. The third-order valence-corrected chi connectivity index (χ3v) is 4.10. The SMILES string of the molecule is CC(C)OC(=O)CC1CCN(Cc2ccc(Cl)cc2)CC1. The molecule has 1 aliphatic heterocycles. The summed E-state index contributed by atoms with van der Waals surface area (Å²) in [4.78, 5) is 14.1. The maximum Gasteiger partial charge on any atom is 0.306 e. The van der Waals surface area contributed by atoms with Crippen LogP contribution in [0.25, 0.3) is 0 Å². The van der Waals surface area contributed by atoms with Crippen molar-refractivity contribution < 1.29 is 9.53 Å². The first-order valence-electron chi connectivity index (χ1n) is 7.69. The molecule has 1 aliphatic rings. The van der Waals surface area contributed by atoms with Crippen LogP contribution in [0.4, 0.5) is 0 Å². The number of esters is 1. The zero-order valence-electron chi connectivity index (χ0n) is 12.8. The van der Waals surface area contributed by atoms with Crippen molar-refractivity contribution in [3.63, 3.8) is 0 Å². The summed E-state index contributed by atoms with van der Waals surface area (Å²) in [6.45, 7) is 6.84. The van der Waals surface area contributed by atoms with Gasteiger partial charge in [0.2, 0.25) is 0 Å². The van der Waals surface area contributed by atoms with E-state index >= 15 is 0 Å². The Hall–Kier alpha value is -1.06. The fourth-order valence-corrected chi connectivity index (χ4v) is 2.87. The first-order valence-corrected chi connectivity index (χ1v) is 8.07. The molecule has 4 heteroatoms. The molecule has 0 atom stereocenters. The number of carbonyl (C=O) groups excluding carboxylic acids is 1. The molecule has 0 aromatic heterocycles. The zero-order valence-corrected chi connectivity index (χ0v) is 13.6. The van der Waals surface area contributed by atoms with Crippen LogP contribution in [0, 0.1) is 5.92 Å². The maximum absolute atomic E-state index is 11.7. The van der Waals surface area contributed by atoms with Crippen LogP contribution in [0.1, 0.15) is 38.7 Å². The molecule has 0 saturated carbocycles. The number of halogens is 1. The van der Waals surface area contributed by atoms with Gasteiger partial charge in [0.1, 0.15) is 0 Å². The Morgan fingerprint density at radius 1 is 1.29 bits per heavy atom. The van der Waals surface area contributed by atoms with Gasteiger partial charge in [-0.25, -0.2) is 0 Å². The van der Waals surface area contributed by atoms with E-state index in [4.69, 9.17) is 16.3 Å². The fourth-order valence-electron chi connectivity index (χ4n) is 2.74. The predicted octanol–water partition coefficient (Wildman–Crippen LogP) is 3.89. The molecule has 2 rings (SSSR count). The molecule has 0 spiro atoms. The fraction of sp³-hybridized carbons (Fsp3) is 0.588. The van der Waals surface area contributed by atoms with Crippen molar-refractivity contribution in [3.05, 3.63) is 34.9 Å². The number of likely N-dealkylation sites (tertiary alicyclic amines) is 1. The van der Waals surface area contributed by atoms with Gasteiger partial charge in [0.25, 0.3) is 0 Å². The van der Waals surface area contributed by atoms with Gasteiger partial charge in [-0.1, -0.05) is 23.7 Å². The van der Waals surface area contributed by atoms with E-state index in [0.29, 0.717) is 12.3 Å². The van der Waals surface area contributed by atoms with Crippen molar-refractivity contribution in [1.29, 1.82) is 0 Å². The monoisotopic (exact) mass is 309 g/mol. The highest BCUT2D eigenvalue weighted by Crippen LogP contribution is 2.23. The molecule has 1 heterocycles. The van der Waals surface area contributed by atoms with E-state index in [-0.39, 0.29) is 12.1 Å². The molecule has 1 aromatic carbocycles. The Bertz CT molecular complexity index is 450. The lowest BCUT2D eigenvalue weighted by molar-refractivity contribution is -0.148. The molecule has 1 saturated heterocycles. The summed E-state index contributed by atoms with van der Waals surface area (Å²) in [6.07, 6.45) is 2.69. The van der Waals surface area contributed by atoms with Gasteiger partial charge in [-0.2, -0.15) is 0 Å². The molecule has 0 aliphatic carbocycles. The molecule has 116 valence electrons. The van der Waals surface area contributed by atoms with Crippen LogP contribution >= 0.6 is 11.6 Å². The third kappa shape index (κ3) is 5.68. The van der Waals surface area contributed by atoms with Crippen molar-refractivity contribution in [2.24, 2.45) is 5.92 Å². The maximum atomic E-state index is 11.7. The van der Waals surface area contributed by atoms with Crippen LogP contribution in [-0.2, 0) is 16.1 Å². The second-order valence-corrected chi connectivity index (χ2v) is 6.53. The molecule has 0 unspecified atom stereocenters. The van der Waals surface area contributed by atoms with E-state index in [9.17, 15) is 4.79 Å². The van der Waals surface area contributed by atoms with Crippen molar-refractivity contribution >= 4 is 17.6 Å². The third-order valence-electron chi connectivity index (χ3n) is 3.85. The molecule has 1 aromatic rings. The largest absolute Gasteiger partial charge is 0.463 e. The highest BCUT2D eigenvalue weighted by molar-refractivity contribution is 6.30. The zero-order chi connectivity index (χ0) is 15.2. The molecule has 0 amide bonds. The molecule has 3 nitrogen and oxygen atoms in total. The van der Waals surface area contributed by atoms with E-state index < -0.39 is 0 Å². The van der Waals surface area contributed by atoms with Gasteiger partial charge >= 0.3 is 5.97 Å². The second kappa shape index (κ2) is 7.81. The lowest BCUT2D eigenvalue weighted by Crippen LogP contribution is -2.34. The number of hydrogen-bond acceptors (Lipinski definition) is 3. The van der Waals surface area contributed by atoms with Crippen LogP contribution in [0.15, 0.2) is 24.3 Å². The number of benzene rings is 1. The summed E-state index contributed by atoms with van der Waals surface area (Å²) in [6, 6.07) is 8.03. The summed E-state index contributed by atoms with van der Waals surface area (Å²) in [5.74, 6) is 0.416. The lowest BCUT2D eigenvalue weighted by atomic mass is 9.93. The second-order valence-electron chi connectivity index (χ2n) is 6.09. The number of ether oxygens (including phenoxy) is 1. The standard InChI is InChI=1S/C17H24ClNO2/c1-13(2)21-17(20)11-14-7-9-19(10-8-14)12-15-3-5-16(18)6-4-15/h3-6,13-14H,7-12H2,1-2H3. The van der Waals surface area contributed by atoms with E-state index in [1.54, 1.807) is 0 Å². The molecule has 21 heavy (non-hydrogen) atoms. The Labute approximate surface area is 132 Å². The number of hydrogen-bond donors (Lipinski definition) is 0. The lowest BCUT2D eigenvalue weighted by Gasteiger charge is -2.31. The number of rotatable bonds is 5. The molecule has 1 fully saturated rings. The average molecular weight is 310 g/mol. The van der Waals surface area contributed by atoms with Gasteiger partial charge in [0.15, 0.2) is 0 Å². The molecule has 0 bridgehead atoms. The minimum atomic E-state index is -0.0545. The molecule has 0 N–H and O–H groups in total. The Balaban J connectivity index is 1.73. The van der Waals surface area contributed by atoms with Gasteiger partial charge in [-0.15, -0.1) is 0 Å². The van der Waals surface area contributed by atoms with Gasteiger partial charge in [-0.3, -0.25) is 9.69 Å². The van der Waals surface area contributed by atoms with Crippen LogP contribution < -0.4 is 0 Å². The topological polar surface area (TPSA) is 29.5 Å². The van der Waals surface area contributed by atoms with Crippen molar-refractivity contribution in [2.45, 2.75) is 45.8 Å². The van der Waals surface area contributed by atoms with Crippen molar-refractivity contribution in [3.8, 4) is 0 Å². The Kier molecular flexibility index (Phi) is 6.07. The van der Waals surface area contributed by atoms with E-state index in [2.05, 4.69) is 17.0 Å². The predicted molar refractivity (Wildman–Crippen MR) is 85.3 cm³/mol. The van der Waals surface area contributed by atoms with Crippen LogP contribution in [0.3, 0.4) is 0 Å². The van der Waals surface area contributed by atoms with Crippen LogP contribution in [0.5, 0.6) is 0 Å². The van der Waals surface area contributed by atoms with Crippen molar-refractivity contribution in [2.75, 3.05) is 13.1 Å². The first-order chi connectivity index (χ1) is 10.0. The highest BCUT2D eigenvalue weighted by atomic mass is 35.5. The smallest absolute Gasteiger partial charge is 0.306 e. The number of nitrogens with zero attached hydrogens (tertiary/aromatic N) is 1. The molecular formula is C17H24ClNO2. The quantitative estimate of drug-likeness (QED) is 0.773.